The molecule has 0 bridgehead atoms. The summed E-state index contributed by atoms with van der Waals surface area (Å²) < 4.78 is 18.6. The van der Waals surface area contributed by atoms with Crippen molar-refractivity contribution in [2.75, 3.05) is 6.54 Å². The number of aromatic nitrogens is 3. The largest absolute Gasteiger partial charge is 0.356 e. The third-order valence-electron chi connectivity index (χ3n) is 5.25. The van der Waals surface area contributed by atoms with Crippen molar-refractivity contribution in [1.82, 2.24) is 20.3 Å². The van der Waals surface area contributed by atoms with Gasteiger partial charge < -0.3 is 9.42 Å². The molecule has 1 N–H and O–H groups in total. The van der Waals surface area contributed by atoms with Crippen molar-refractivity contribution in [1.29, 1.82) is 0 Å². The van der Waals surface area contributed by atoms with Crippen molar-refractivity contribution in [3.8, 4) is 11.3 Å². The average molecular weight is 368 g/mol. The highest BCUT2D eigenvalue weighted by Crippen LogP contribution is 2.38. The number of nitrogens with one attached hydrogen (secondary N) is 1. The fourth-order valence-corrected chi connectivity index (χ4v) is 3.64. The van der Waals surface area contributed by atoms with Gasteiger partial charge in [0.1, 0.15) is 5.82 Å². The number of rotatable bonds is 4. The van der Waals surface area contributed by atoms with E-state index in [0.717, 1.165) is 40.9 Å². The van der Waals surface area contributed by atoms with Crippen molar-refractivity contribution in [2.24, 2.45) is 0 Å². The first-order valence-electron chi connectivity index (χ1n) is 9.05. The number of hydrogen-bond acceptors (Lipinski definition) is 4. The molecule has 1 aliphatic heterocycles. The van der Waals surface area contributed by atoms with Gasteiger partial charge in [0.2, 0.25) is 5.91 Å². The van der Waals surface area contributed by atoms with Crippen LogP contribution in [0.2, 0.25) is 0 Å². The van der Waals surface area contributed by atoms with Crippen LogP contribution in [0.25, 0.3) is 11.3 Å². The molecule has 3 heterocycles. The molecule has 2 aromatic heterocycles. The van der Waals surface area contributed by atoms with Crippen molar-refractivity contribution >= 4 is 5.91 Å². The summed E-state index contributed by atoms with van der Waals surface area (Å²) in [7, 11) is 0. The van der Waals surface area contributed by atoms with Crippen LogP contribution >= 0.6 is 0 Å². The maximum absolute atomic E-state index is 13.1. The van der Waals surface area contributed by atoms with Crippen LogP contribution in [-0.2, 0) is 11.2 Å². The molecule has 1 amide bonds. The lowest BCUT2D eigenvalue weighted by molar-refractivity contribution is -0.131. The minimum atomic E-state index is -0.301. The lowest BCUT2D eigenvalue weighted by Crippen LogP contribution is -2.32. The maximum atomic E-state index is 13.1. The van der Waals surface area contributed by atoms with E-state index in [0.29, 0.717) is 12.3 Å². The van der Waals surface area contributed by atoms with E-state index >= 15 is 0 Å². The molecule has 6 nitrogen and oxygen atoms in total. The van der Waals surface area contributed by atoms with Gasteiger partial charge in [-0.2, -0.15) is 5.10 Å². The number of benzene rings is 1. The summed E-state index contributed by atoms with van der Waals surface area (Å²) in [5, 5.41) is 11.3. The molecular weight excluding hydrogens is 347 g/mol. The standard InChI is InChI=1S/C20H21FN4O2/c1-12-13(2)24-27-20(12)16-11-22-23-19(16)17-4-3-9-25(17)18(26)10-14-5-7-15(21)8-6-14/h5-8,11,17H,3-4,9-10H2,1-2H3,(H,22,23)/t17-/m0/s1. The summed E-state index contributed by atoms with van der Waals surface area (Å²) >= 11 is 0. The number of aryl methyl sites for hydroxylation is 1. The highest BCUT2D eigenvalue weighted by Gasteiger charge is 2.33. The van der Waals surface area contributed by atoms with Crippen LogP contribution in [0.4, 0.5) is 4.39 Å². The first-order valence-corrected chi connectivity index (χ1v) is 9.05. The van der Waals surface area contributed by atoms with Gasteiger partial charge in [0.15, 0.2) is 5.76 Å². The number of carbonyl (C=O) groups is 1. The molecule has 1 saturated heterocycles. The number of likely N-dealkylation sites (tertiary alicyclic amines) is 1. The molecule has 0 radical (unpaired) electrons. The minimum absolute atomic E-state index is 0.0233. The Kier molecular flexibility index (Phi) is 4.51. The summed E-state index contributed by atoms with van der Waals surface area (Å²) in [6, 6.07) is 5.99. The zero-order valence-corrected chi connectivity index (χ0v) is 15.3. The van der Waals surface area contributed by atoms with Crippen LogP contribution in [-0.4, -0.2) is 32.7 Å². The number of amides is 1. The molecule has 1 fully saturated rings. The number of carbonyl (C=O) groups excluding carboxylic acids is 1. The summed E-state index contributed by atoms with van der Waals surface area (Å²) in [5.74, 6) is 0.411. The smallest absolute Gasteiger partial charge is 0.227 e. The fraction of sp³-hybridized carbons (Fsp3) is 0.350. The van der Waals surface area contributed by atoms with Crippen LogP contribution in [0.5, 0.6) is 0 Å². The lowest BCUT2D eigenvalue weighted by Gasteiger charge is -2.24. The van der Waals surface area contributed by atoms with Gasteiger partial charge in [-0.3, -0.25) is 9.89 Å². The number of nitrogens with zero attached hydrogens (tertiary/aromatic N) is 3. The monoisotopic (exact) mass is 368 g/mol. The molecule has 3 aromatic rings. The molecule has 27 heavy (non-hydrogen) atoms. The molecule has 0 unspecified atom stereocenters. The zero-order valence-electron chi connectivity index (χ0n) is 15.3. The summed E-state index contributed by atoms with van der Waals surface area (Å²) in [5.41, 5.74) is 4.34. The SMILES string of the molecule is Cc1noc(-c2cn[nH]c2[C@@H]2CCCN2C(=O)Cc2ccc(F)cc2)c1C. The lowest BCUT2D eigenvalue weighted by atomic mass is 10.0. The Morgan fingerprint density at radius 1 is 1.33 bits per heavy atom. The van der Waals surface area contributed by atoms with Gasteiger partial charge in [0.25, 0.3) is 0 Å². The Labute approximate surface area is 156 Å². The Bertz CT molecular complexity index is 961. The van der Waals surface area contributed by atoms with E-state index < -0.39 is 0 Å². The average Bonchev–Trinajstić information content (AvgIpc) is 3.37. The van der Waals surface area contributed by atoms with E-state index in [9.17, 15) is 9.18 Å². The van der Waals surface area contributed by atoms with Gasteiger partial charge >= 0.3 is 0 Å². The van der Waals surface area contributed by atoms with E-state index in [4.69, 9.17) is 4.52 Å². The number of aromatic amines is 1. The molecule has 0 spiro atoms. The highest BCUT2D eigenvalue weighted by atomic mass is 19.1. The molecule has 7 heteroatoms. The van der Waals surface area contributed by atoms with E-state index in [1.54, 1.807) is 18.3 Å². The zero-order chi connectivity index (χ0) is 19.0. The van der Waals surface area contributed by atoms with Crippen LogP contribution < -0.4 is 0 Å². The molecule has 1 aliphatic rings. The van der Waals surface area contributed by atoms with Gasteiger partial charge in [-0.15, -0.1) is 0 Å². The summed E-state index contributed by atoms with van der Waals surface area (Å²) in [6.07, 6.45) is 3.76. The Morgan fingerprint density at radius 2 is 2.11 bits per heavy atom. The van der Waals surface area contributed by atoms with Crippen LogP contribution in [0.1, 0.15) is 41.4 Å². The summed E-state index contributed by atoms with van der Waals surface area (Å²) in [4.78, 5) is 14.8. The Hall–Kier alpha value is -2.96. The minimum Gasteiger partial charge on any atom is -0.356 e. The number of H-pyrrole nitrogens is 1. The first kappa shape index (κ1) is 17.5. The van der Waals surface area contributed by atoms with Crippen molar-refractivity contribution in [2.45, 2.75) is 39.2 Å². The normalized spacial score (nSPS) is 16.9. The first-order chi connectivity index (χ1) is 13.0. The number of halogens is 1. The second kappa shape index (κ2) is 6.98. The molecule has 4 rings (SSSR count). The van der Waals surface area contributed by atoms with Gasteiger partial charge in [0, 0.05) is 12.1 Å². The van der Waals surface area contributed by atoms with Gasteiger partial charge in [0.05, 0.1) is 35.6 Å². The van der Waals surface area contributed by atoms with Crippen LogP contribution in [0.15, 0.2) is 35.0 Å². The molecule has 1 aromatic carbocycles. The predicted octanol–water partition coefficient (Wildman–Crippen LogP) is 3.73. The van der Waals surface area contributed by atoms with Crippen molar-refractivity contribution < 1.29 is 13.7 Å². The third kappa shape index (κ3) is 3.25. The van der Waals surface area contributed by atoms with Gasteiger partial charge in [-0.1, -0.05) is 17.3 Å². The van der Waals surface area contributed by atoms with Crippen molar-refractivity contribution in [3.05, 3.63) is 58.8 Å². The van der Waals surface area contributed by atoms with E-state index in [2.05, 4.69) is 15.4 Å². The number of hydrogen-bond donors (Lipinski definition) is 1. The fourth-order valence-electron chi connectivity index (χ4n) is 3.64. The Morgan fingerprint density at radius 3 is 2.81 bits per heavy atom. The molecule has 140 valence electrons. The van der Waals surface area contributed by atoms with E-state index in [1.165, 1.54) is 12.1 Å². The van der Waals surface area contributed by atoms with Crippen molar-refractivity contribution in [3.63, 3.8) is 0 Å². The van der Waals surface area contributed by atoms with Crippen LogP contribution in [0, 0.1) is 19.7 Å². The topological polar surface area (TPSA) is 75.0 Å². The molecule has 1 atom stereocenters. The Balaban J connectivity index is 1.59. The van der Waals surface area contributed by atoms with Gasteiger partial charge in [-0.25, -0.2) is 4.39 Å². The molecule has 0 aliphatic carbocycles. The predicted molar refractivity (Wildman–Crippen MR) is 97.4 cm³/mol. The quantitative estimate of drug-likeness (QED) is 0.761. The molecular formula is C20H21FN4O2. The van der Waals surface area contributed by atoms with Crippen LogP contribution in [0.3, 0.4) is 0 Å². The molecule has 0 saturated carbocycles. The summed E-state index contributed by atoms with van der Waals surface area (Å²) in [6.45, 7) is 4.55. The highest BCUT2D eigenvalue weighted by molar-refractivity contribution is 5.80. The maximum Gasteiger partial charge on any atom is 0.227 e. The van der Waals surface area contributed by atoms with E-state index in [-0.39, 0.29) is 24.2 Å². The van der Waals surface area contributed by atoms with Gasteiger partial charge in [-0.05, 0) is 44.4 Å². The second-order valence-corrected chi connectivity index (χ2v) is 6.97. The van der Waals surface area contributed by atoms with E-state index in [1.807, 2.05) is 18.7 Å². The second-order valence-electron chi connectivity index (χ2n) is 6.97. The third-order valence-corrected chi connectivity index (χ3v) is 5.25.